The summed E-state index contributed by atoms with van der Waals surface area (Å²) in [4.78, 5) is 25.0. The van der Waals surface area contributed by atoms with Crippen molar-refractivity contribution in [3.8, 4) is 0 Å². The van der Waals surface area contributed by atoms with Crippen LogP contribution in [-0.2, 0) is 11.2 Å². The monoisotopic (exact) mass is 303 g/mol. The van der Waals surface area contributed by atoms with Crippen LogP contribution >= 0.6 is 0 Å². The second kappa shape index (κ2) is 7.29. The Morgan fingerprint density at radius 3 is 2.36 bits per heavy atom. The second-order valence-electron chi connectivity index (χ2n) is 5.92. The molecular formula is C17H25N3O2. The van der Waals surface area contributed by atoms with Gasteiger partial charge in [0.15, 0.2) is 0 Å². The maximum Gasteiger partial charge on any atom is 0.314 e. The maximum absolute atomic E-state index is 12.3. The Kier molecular flexibility index (Phi) is 5.41. The zero-order valence-corrected chi connectivity index (χ0v) is 13.3. The topological polar surface area (TPSA) is 75.4 Å². The Labute approximate surface area is 131 Å². The highest BCUT2D eigenvalue weighted by atomic mass is 16.2. The number of nitrogens with zero attached hydrogens (tertiary/aromatic N) is 1. The lowest BCUT2D eigenvalue weighted by molar-refractivity contribution is -0.126. The predicted molar refractivity (Wildman–Crippen MR) is 86.3 cm³/mol. The van der Waals surface area contributed by atoms with E-state index in [9.17, 15) is 9.59 Å². The summed E-state index contributed by atoms with van der Waals surface area (Å²) in [6.07, 6.45) is 2.37. The highest BCUT2D eigenvalue weighted by Crippen LogP contribution is 2.20. The zero-order valence-electron chi connectivity index (χ0n) is 13.3. The van der Waals surface area contributed by atoms with Crippen molar-refractivity contribution in [1.29, 1.82) is 0 Å². The van der Waals surface area contributed by atoms with Crippen molar-refractivity contribution >= 4 is 11.9 Å². The molecule has 1 aliphatic rings. The van der Waals surface area contributed by atoms with Gasteiger partial charge < -0.3 is 16.0 Å². The van der Waals surface area contributed by atoms with Crippen LogP contribution in [0, 0.1) is 5.92 Å². The van der Waals surface area contributed by atoms with Crippen LogP contribution in [0.4, 0.5) is 4.79 Å². The number of likely N-dealkylation sites (tertiary alicyclic amines) is 1. The second-order valence-corrected chi connectivity index (χ2v) is 5.92. The fraction of sp³-hybridized carbons (Fsp3) is 0.529. The van der Waals surface area contributed by atoms with Crippen molar-refractivity contribution in [3.05, 3.63) is 35.4 Å². The number of aryl methyl sites for hydroxylation is 1. The van der Waals surface area contributed by atoms with E-state index in [0.29, 0.717) is 25.9 Å². The molecule has 1 aromatic rings. The molecule has 2 rings (SSSR count). The van der Waals surface area contributed by atoms with Crippen LogP contribution in [0.2, 0.25) is 0 Å². The average Bonchev–Trinajstić information content (AvgIpc) is 2.54. The van der Waals surface area contributed by atoms with Crippen molar-refractivity contribution in [1.82, 2.24) is 10.2 Å². The van der Waals surface area contributed by atoms with E-state index in [0.717, 1.165) is 12.0 Å². The Morgan fingerprint density at radius 1 is 1.27 bits per heavy atom. The van der Waals surface area contributed by atoms with Gasteiger partial charge in [-0.05, 0) is 37.3 Å². The number of urea groups is 1. The van der Waals surface area contributed by atoms with Gasteiger partial charge in [0, 0.05) is 19.0 Å². The molecule has 1 fully saturated rings. The van der Waals surface area contributed by atoms with Crippen LogP contribution in [0.1, 0.15) is 43.9 Å². The number of carbonyl (C=O) groups is 2. The van der Waals surface area contributed by atoms with Gasteiger partial charge in [-0.1, -0.05) is 31.2 Å². The lowest BCUT2D eigenvalue weighted by atomic mass is 9.95. The summed E-state index contributed by atoms with van der Waals surface area (Å²) >= 11 is 0. The summed E-state index contributed by atoms with van der Waals surface area (Å²) in [6.45, 7) is 5.25. The molecular weight excluding hydrogens is 278 g/mol. The first-order chi connectivity index (χ1) is 10.5. The van der Waals surface area contributed by atoms with E-state index < -0.39 is 6.03 Å². The summed E-state index contributed by atoms with van der Waals surface area (Å²) in [5.74, 6) is 0.0316. The molecule has 1 aromatic carbocycles. The van der Waals surface area contributed by atoms with Crippen LogP contribution in [-0.4, -0.2) is 29.9 Å². The van der Waals surface area contributed by atoms with E-state index in [1.54, 1.807) is 4.90 Å². The van der Waals surface area contributed by atoms with Crippen LogP contribution in [0.15, 0.2) is 24.3 Å². The van der Waals surface area contributed by atoms with E-state index in [1.165, 1.54) is 5.56 Å². The first-order valence-electron chi connectivity index (χ1n) is 7.94. The molecule has 0 spiro atoms. The normalized spacial score (nSPS) is 17.1. The molecule has 3 N–H and O–H groups in total. The number of nitrogens with one attached hydrogen (secondary N) is 1. The summed E-state index contributed by atoms with van der Waals surface area (Å²) in [5, 5.41) is 3.07. The maximum atomic E-state index is 12.3. The van der Waals surface area contributed by atoms with Crippen LogP contribution in [0.3, 0.4) is 0 Å². The van der Waals surface area contributed by atoms with Crippen LogP contribution in [0.5, 0.6) is 0 Å². The molecule has 1 heterocycles. The first-order valence-corrected chi connectivity index (χ1v) is 7.94. The molecule has 1 unspecified atom stereocenters. The summed E-state index contributed by atoms with van der Waals surface area (Å²) in [7, 11) is 0. The molecule has 0 aromatic heterocycles. The summed E-state index contributed by atoms with van der Waals surface area (Å²) < 4.78 is 0. The van der Waals surface area contributed by atoms with Gasteiger partial charge in [0.1, 0.15) is 0 Å². The molecule has 120 valence electrons. The smallest absolute Gasteiger partial charge is 0.314 e. The van der Waals surface area contributed by atoms with Gasteiger partial charge in [-0.2, -0.15) is 0 Å². The number of hydrogen-bond acceptors (Lipinski definition) is 2. The largest absolute Gasteiger partial charge is 0.351 e. The van der Waals surface area contributed by atoms with Gasteiger partial charge in [-0.15, -0.1) is 0 Å². The van der Waals surface area contributed by atoms with Gasteiger partial charge in [-0.3, -0.25) is 4.79 Å². The minimum atomic E-state index is -0.400. The van der Waals surface area contributed by atoms with Gasteiger partial charge >= 0.3 is 6.03 Å². The van der Waals surface area contributed by atoms with Crippen molar-refractivity contribution in [2.75, 3.05) is 13.1 Å². The van der Waals surface area contributed by atoms with Crippen LogP contribution in [0.25, 0.3) is 0 Å². The molecule has 3 amide bonds. The number of piperidine rings is 1. The van der Waals surface area contributed by atoms with Crippen molar-refractivity contribution in [3.63, 3.8) is 0 Å². The van der Waals surface area contributed by atoms with Gasteiger partial charge in [0.25, 0.3) is 0 Å². The summed E-state index contributed by atoms with van der Waals surface area (Å²) in [5.41, 5.74) is 7.66. The fourth-order valence-corrected chi connectivity index (χ4v) is 2.82. The van der Waals surface area contributed by atoms with E-state index in [1.807, 2.05) is 6.92 Å². The van der Waals surface area contributed by atoms with Crippen molar-refractivity contribution in [2.45, 2.75) is 39.2 Å². The predicted octanol–water partition coefficient (Wildman–Crippen LogP) is 2.22. The molecule has 1 aliphatic heterocycles. The molecule has 0 bridgehead atoms. The third-order valence-corrected chi connectivity index (χ3v) is 4.42. The molecule has 1 atom stereocenters. The third-order valence-electron chi connectivity index (χ3n) is 4.42. The third kappa shape index (κ3) is 4.00. The molecule has 1 saturated heterocycles. The zero-order chi connectivity index (χ0) is 16.1. The quantitative estimate of drug-likeness (QED) is 0.895. The molecule has 0 saturated carbocycles. The van der Waals surface area contributed by atoms with Gasteiger partial charge in [0.2, 0.25) is 5.91 Å². The Balaban J connectivity index is 1.87. The molecule has 5 nitrogen and oxygen atoms in total. The van der Waals surface area contributed by atoms with Gasteiger partial charge in [-0.25, -0.2) is 4.79 Å². The standard InChI is InChI=1S/C17H25N3O2/c1-3-13-4-6-14(7-5-13)12(2)19-16(21)15-8-10-20(11-9-15)17(18)22/h4-7,12,15H,3,8-11H2,1-2H3,(H2,18,22)(H,19,21). The van der Waals surface area contributed by atoms with Crippen molar-refractivity contribution < 1.29 is 9.59 Å². The van der Waals surface area contributed by atoms with E-state index >= 15 is 0 Å². The number of benzene rings is 1. The van der Waals surface area contributed by atoms with E-state index in [-0.39, 0.29) is 17.9 Å². The number of hydrogen-bond donors (Lipinski definition) is 2. The highest BCUT2D eigenvalue weighted by molar-refractivity contribution is 5.79. The fourth-order valence-electron chi connectivity index (χ4n) is 2.82. The van der Waals surface area contributed by atoms with Crippen LogP contribution < -0.4 is 11.1 Å². The molecule has 0 radical (unpaired) electrons. The molecule has 22 heavy (non-hydrogen) atoms. The number of amides is 3. The van der Waals surface area contributed by atoms with E-state index in [4.69, 9.17) is 5.73 Å². The Morgan fingerprint density at radius 2 is 1.86 bits per heavy atom. The van der Waals surface area contributed by atoms with Gasteiger partial charge in [0.05, 0.1) is 6.04 Å². The first kappa shape index (κ1) is 16.3. The number of nitrogens with two attached hydrogens (primary N) is 1. The lowest BCUT2D eigenvalue weighted by Crippen LogP contribution is -2.45. The molecule has 5 heteroatoms. The number of primary amides is 1. The average molecular weight is 303 g/mol. The highest BCUT2D eigenvalue weighted by Gasteiger charge is 2.27. The number of carbonyl (C=O) groups excluding carboxylic acids is 2. The number of rotatable bonds is 4. The Bertz CT molecular complexity index is 519. The SMILES string of the molecule is CCc1ccc(C(C)NC(=O)C2CCN(C(N)=O)CC2)cc1. The van der Waals surface area contributed by atoms with Crippen molar-refractivity contribution in [2.24, 2.45) is 11.7 Å². The minimum absolute atomic E-state index is 0.00687. The minimum Gasteiger partial charge on any atom is -0.351 e. The molecule has 0 aliphatic carbocycles. The van der Waals surface area contributed by atoms with E-state index in [2.05, 4.69) is 36.5 Å². The lowest BCUT2D eigenvalue weighted by Gasteiger charge is -2.30. The summed E-state index contributed by atoms with van der Waals surface area (Å²) in [6, 6.07) is 7.93. The Hall–Kier alpha value is -2.04.